The van der Waals surface area contributed by atoms with E-state index in [-0.39, 0.29) is 6.61 Å². The van der Waals surface area contributed by atoms with Crippen molar-refractivity contribution >= 4 is 5.57 Å². The standard InChI is InChI=1S/C15H18O3/c16-11-4-12-18-15(17)9-7-14(8-10-15)13-5-2-1-3-6-13/h1-3,5-9,16-17H,4,10-12H2. The predicted molar refractivity (Wildman–Crippen MR) is 70.8 cm³/mol. The fourth-order valence-electron chi connectivity index (χ4n) is 1.88. The van der Waals surface area contributed by atoms with Crippen LogP contribution in [0.2, 0.25) is 0 Å². The van der Waals surface area contributed by atoms with Gasteiger partial charge in [-0.3, -0.25) is 0 Å². The van der Waals surface area contributed by atoms with Gasteiger partial charge in [0.25, 0.3) is 0 Å². The number of aliphatic hydroxyl groups excluding tert-OH is 1. The molecule has 0 spiro atoms. The van der Waals surface area contributed by atoms with Crippen LogP contribution in [0.25, 0.3) is 5.57 Å². The summed E-state index contributed by atoms with van der Waals surface area (Å²) in [6.45, 7) is 0.427. The molecule has 1 aliphatic carbocycles. The second kappa shape index (κ2) is 5.96. The first-order valence-corrected chi connectivity index (χ1v) is 6.15. The molecule has 0 aromatic heterocycles. The van der Waals surface area contributed by atoms with Crippen LogP contribution in [0.5, 0.6) is 0 Å². The summed E-state index contributed by atoms with van der Waals surface area (Å²) in [6, 6.07) is 10.0. The van der Waals surface area contributed by atoms with Gasteiger partial charge in [-0.1, -0.05) is 42.5 Å². The fourth-order valence-corrected chi connectivity index (χ4v) is 1.88. The molecule has 0 radical (unpaired) electrons. The van der Waals surface area contributed by atoms with E-state index >= 15 is 0 Å². The molecule has 0 fully saturated rings. The average Bonchev–Trinajstić information content (AvgIpc) is 2.41. The molecule has 96 valence electrons. The zero-order chi connectivity index (χ0) is 12.8. The first-order chi connectivity index (χ1) is 8.73. The van der Waals surface area contributed by atoms with Crippen LogP contribution in [-0.4, -0.2) is 29.2 Å². The van der Waals surface area contributed by atoms with E-state index in [2.05, 4.69) is 0 Å². The number of hydrogen-bond donors (Lipinski definition) is 2. The molecule has 0 amide bonds. The summed E-state index contributed by atoms with van der Waals surface area (Å²) >= 11 is 0. The Morgan fingerprint density at radius 2 is 2.00 bits per heavy atom. The molecule has 0 saturated carbocycles. The Morgan fingerprint density at radius 1 is 1.22 bits per heavy atom. The summed E-state index contributed by atoms with van der Waals surface area (Å²) in [5.74, 6) is -1.23. The van der Waals surface area contributed by atoms with Crippen molar-refractivity contribution in [3.8, 4) is 0 Å². The first-order valence-electron chi connectivity index (χ1n) is 6.15. The van der Waals surface area contributed by atoms with Crippen molar-refractivity contribution in [2.45, 2.75) is 18.6 Å². The summed E-state index contributed by atoms with van der Waals surface area (Å²) in [5.41, 5.74) is 2.22. The van der Waals surface area contributed by atoms with Gasteiger partial charge < -0.3 is 14.9 Å². The molecule has 1 aromatic carbocycles. The van der Waals surface area contributed by atoms with E-state index in [0.29, 0.717) is 19.4 Å². The third kappa shape index (κ3) is 3.29. The van der Waals surface area contributed by atoms with E-state index in [1.807, 2.05) is 42.5 Å². The molecule has 2 N–H and O–H groups in total. The molecule has 1 aliphatic rings. The highest BCUT2D eigenvalue weighted by atomic mass is 16.6. The van der Waals surface area contributed by atoms with Gasteiger partial charge >= 0.3 is 0 Å². The van der Waals surface area contributed by atoms with Crippen molar-refractivity contribution in [2.24, 2.45) is 0 Å². The minimum Gasteiger partial charge on any atom is -0.396 e. The molecule has 3 heteroatoms. The highest BCUT2D eigenvalue weighted by Gasteiger charge is 2.25. The highest BCUT2D eigenvalue weighted by molar-refractivity contribution is 5.75. The maximum atomic E-state index is 10.1. The Morgan fingerprint density at radius 3 is 2.61 bits per heavy atom. The van der Waals surface area contributed by atoms with Crippen molar-refractivity contribution in [3.05, 3.63) is 54.1 Å². The van der Waals surface area contributed by atoms with Gasteiger partial charge in [-0.05, 0) is 23.6 Å². The average molecular weight is 246 g/mol. The van der Waals surface area contributed by atoms with Gasteiger partial charge in [0.2, 0.25) is 0 Å². The molecule has 1 unspecified atom stereocenters. The van der Waals surface area contributed by atoms with Crippen LogP contribution >= 0.6 is 0 Å². The number of aliphatic hydroxyl groups is 2. The van der Waals surface area contributed by atoms with Crippen molar-refractivity contribution < 1.29 is 14.9 Å². The number of ether oxygens (including phenoxy) is 1. The summed E-state index contributed by atoms with van der Waals surface area (Å²) in [5, 5.41) is 18.8. The Bertz CT molecular complexity index is 436. The summed E-state index contributed by atoms with van der Waals surface area (Å²) < 4.78 is 5.36. The van der Waals surface area contributed by atoms with Gasteiger partial charge in [0.15, 0.2) is 5.79 Å². The zero-order valence-electron chi connectivity index (χ0n) is 10.2. The third-order valence-electron chi connectivity index (χ3n) is 2.90. The number of benzene rings is 1. The fraction of sp³-hybridized carbons (Fsp3) is 0.333. The normalized spacial score (nSPS) is 22.9. The lowest BCUT2D eigenvalue weighted by Crippen LogP contribution is -2.31. The van der Waals surface area contributed by atoms with Gasteiger partial charge in [0.1, 0.15) is 0 Å². The summed E-state index contributed by atoms with van der Waals surface area (Å²) in [4.78, 5) is 0. The van der Waals surface area contributed by atoms with Crippen LogP contribution in [0, 0.1) is 0 Å². The van der Waals surface area contributed by atoms with E-state index in [1.54, 1.807) is 6.08 Å². The lowest BCUT2D eigenvalue weighted by atomic mass is 9.96. The SMILES string of the molecule is OCCCOC1(O)C=CC(c2ccccc2)=CC1. The minimum absolute atomic E-state index is 0.0743. The third-order valence-corrected chi connectivity index (χ3v) is 2.90. The van der Waals surface area contributed by atoms with Crippen LogP contribution in [0.1, 0.15) is 18.4 Å². The van der Waals surface area contributed by atoms with E-state index in [1.165, 1.54) is 0 Å². The summed E-state index contributed by atoms with van der Waals surface area (Å²) in [7, 11) is 0. The number of allylic oxidation sites excluding steroid dienone is 2. The van der Waals surface area contributed by atoms with E-state index in [9.17, 15) is 5.11 Å². The van der Waals surface area contributed by atoms with Crippen LogP contribution < -0.4 is 0 Å². The molecule has 1 aromatic rings. The van der Waals surface area contributed by atoms with E-state index in [0.717, 1.165) is 11.1 Å². The Kier molecular flexibility index (Phi) is 4.31. The second-order valence-electron chi connectivity index (χ2n) is 4.33. The molecule has 0 saturated heterocycles. The van der Waals surface area contributed by atoms with Crippen molar-refractivity contribution in [2.75, 3.05) is 13.2 Å². The van der Waals surface area contributed by atoms with Gasteiger partial charge in [-0.2, -0.15) is 0 Å². The second-order valence-corrected chi connectivity index (χ2v) is 4.33. The molecule has 0 bridgehead atoms. The molecule has 0 heterocycles. The molecule has 18 heavy (non-hydrogen) atoms. The summed E-state index contributed by atoms with van der Waals surface area (Å²) in [6.07, 6.45) is 6.48. The topological polar surface area (TPSA) is 49.7 Å². The van der Waals surface area contributed by atoms with Gasteiger partial charge in [0.05, 0.1) is 6.61 Å². The van der Waals surface area contributed by atoms with Crippen LogP contribution in [0.4, 0.5) is 0 Å². The smallest absolute Gasteiger partial charge is 0.189 e. The maximum absolute atomic E-state index is 10.1. The first kappa shape index (κ1) is 13.0. The van der Waals surface area contributed by atoms with Crippen LogP contribution in [0.15, 0.2) is 48.6 Å². The van der Waals surface area contributed by atoms with Crippen LogP contribution in [-0.2, 0) is 4.74 Å². The van der Waals surface area contributed by atoms with Crippen molar-refractivity contribution in [1.29, 1.82) is 0 Å². The van der Waals surface area contributed by atoms with E-state index in [4.69, 9.17) is 9.84 Å². The van der Waals surface area contributed by atoms with Gasteiger partial charge in [0, 0.05) is 13.0 Å². The Hall–Kier alpha value is -1.42. The number of rotatable bonds is 5. The molecule has 1 atom stereocenters. The van der Waals surface area contributed by atoms with E-state index < -0.39 is 5.79 Å². The Labute approximate surface area is 107 Å². The monoisotopic (exact) mass is 246 g/mol. The molecule has 0 aliphatic heterocycles. The number of hydrogen-bond acceptors (Lipinski definition) is 3. The predicted octanol–water partition coefficient (Wildman–Crippen LogP) is 2.12. The lowest BCUT2D eigenvalue weighted by molar-refractivity contribution is -0.165. The maximum Gasteiger partial charge on any atom is 0.189 e. The molecule has 3 nitrogen and oxygen atoms in total. The molecular weight excluding hydrogens is 228 g/mol. The Balaban J connectivity index is 1.98. The van der Waals surface area contributed by atoms with Gasteiger partial charge in [-0.25, -0.2) is 0 Å². The minimum atomic E-state index is -1.23. The molecule has 2 rings (SSSR count). The molecular formula is C15H18O3. The van der Waals surface area contributed by atoms with Gasteiger partial charge in [-0.15, -0.1) is 0 Å². The van der Waals surface area contributed by atoms with Crippen molar-refractivity contribution in [3.63, 3.8) is 0 Å². The van der Waals surface area contributed by atoms with Crippen LogP contribution in [0.3, 0.4) is 0 Å². The zero-order valence-corrected chi connectivity index (χ0v) is 10.2. The van der Waals surface area contributed by atoms with Crippen molar-refractivity contribution in [1.82, 2.24) is 0 Å². The largest absolute Gasteiger partial charge is 0.396 e. The lowest BCUT2D eigenvalue weighted by Gasteiger charge is -2.26. The quantitative estimate of drug-likeness (QED) is 0.618. The highest BCUT2D eigenvalue weighted by Crippen LogP contribution is 2.27.